The predicted molar refractivity (Wildman–Crippen MR) is 106 cm³/mol. The van der Waals surface area contributed by atoms with Gasteiger partial charge in [0.25, 0.3) is 0 Å². The van der Waals surface area contributed by atoms with Gasteiger partial charge in [-0.15, -0.1) is 0 Å². The molecule has 2 amide bonds. The lowest BCUT2D eigenvalue weighted by atomic mass is 10.1. The Balaban J connectivity index is 2.28. The van der Waals surface area contributed by atoms with Crippen molar-refractivity contribution in [1.29, 1.82) is 0 Å². The lowest BCUT2D eigenvalue weighted by Crippen LogP contribution is -2.47. The third kappa shape index (κ3) is 5.13. The minimum Gasteiger partial charge on any atom is -0.357 e. The maximum absolute atomic E-state index is 13.0. The number of nitrogens with zero attached hydrogens (tertiary/aromatic N) is 1. The van der Waals surface area contributed by atoms with E-state index in [1.807, 2.05) is 12.1 Å². The second-order valence-electron chi connectivity index (χ2n) is 5.82. The number of halogens is 3. The van der Waals surface area contributed by atoms with E-state index in [2.05, 4.69) is 5.32 Å². The Labute approximate surface area is 168 Å². The first-order chi connectivity index (χ1) is 12.3. The average molecular weight is 414 g/mol. The highest BCUT2D eigenvalue weighted by Gasteiger charge is 2.26. The molecule has 0 aliphatic carbocycles. The van der Waals surface area contributed by atoms with Crippen molar-refractivity contribution in [1.82, 2.24) is 10.2 Å². The monoisotopic (exact) mass is 412 g/mol. The zero-order valence-corrected chi connectivity index (χ0v) is 16.7. The summed E-state index contributed by atoms with van der Waals surface area (Å²) in [6.45, 7) is 1.95. The van der Waals surface area contributed by atoms with Gasteiger partial charge >= 0.3 is 0 Å². The Morgan fingerprint density at radius 2 is 1.62 bits per heavy atom. The van der Waals surface area contributed by atoms with Crippen LogP contribution in [0, 0.1) is 0 Å². The van der Waals surface area contributed by atoms with E-state index in [0.29, 0.717) is 20.6 Å². The first kappa shape index (κ1) is 20.6. The van der Waals surface area contributed by atoms with Crippen molar-refractivity contribution in [3.8, 4) is 0 Å². The molecule has 0 aliphatic rings. The summed E-state index contributed by atoms with van der Waals surface area (Å²) in [5.41, 5.74) is 1.41. The highest BCUT2D eigenvalue weighted by molar-refractivity contribution is 6.36. The summed E-state index contributed by atoms with van der Waals surface area (Å²) in [6, 6.07) is 11.6. The highest BCUT2D eigenvalue weighted by Crippen LogP contribution is 2.26. The smallest absolute Gasteiger partial charge is 0.242 e. The van der Waals surface area contributed by atoms with Gasteiger partial charge in [-0.25, -0.2) is 0 Å². The summed E-state index contributed by atoms with van der Waals surface area (Å²) < 4.78 is 0. The molecule has 138 valence electrons. The Morgan fingerprint density at radius 3 is 2.15 bits per heavy atom. The van der Waals surface area contributed by atoms with E-state index < -0.39 is 6.04 Å². The molecule has 0 aromatic heterocycles. The van der Waals surface area contributed by atoms with Gasteiger partial charge in [0.05, 0.1) is 6.42 Å². The average Bonchev–Trinajstić information content (AvgIpc) is 2.63. The Bertz CT molecular complexity index is 774. The predicted octanol–water partition coefficient (Wildman–Crippen LogP) is 4.35. The van der Waals surface area contributed by atoms with Gasteiger partial charge in [0.15, 0.2) is 0 Å². The standard InChI is InChI=1S/C19H19Cl3N2O2/c1-12(19(26)23-2)24(11-13-6-8-14(20)9-7-13)18(25)10-15-16(21)4-3-5-17(15)22/h3-9,12H,10-11H2,1-2H3,(H,23,26)/t12-/m1/s1. The zero-order valence-electron chi connectivity index (χ0n) is 14.4. The summed E-state index contributed by atoms with van der Waals surface area (Å²) >= 11 is 18.3. The summed E-state index contributed by atoms with van der Waals surface area (Å²) in [7, 11) is 1.54. The zero-order chi connectivity index (χ0) is 19.3. The largest absolute Gasteiger partial charge is 0.357 e. The molecule has 2 aromatic carbocycles. The number of nitrogens with one attached hydrogen (secondary N) is 1. The van der Waals surface area contributed by atoms with Crippen LogP contribution >= 0.6 is 34.8 Å². The number of carbonyl (C=O) groups is 2. The number of hydrogen-bond donors (Lipinski definition) is 1. The van der Waals surface area contributed by atoms with Crippen LogP contribution in [0.3, 0.4) is 0 Å². The first-order valence-electron chi connectivity index (χ1n) is 8.02. The van der Waals surface area contributed by atoms with Crippen LogP contribution < -0.4 is 5.32 Å². The summed E-state index contributed by atoms with van der Waals surface area (Å²) in [5.74, 6) is -0.497. The number of benzene rings is 2. The molecule has 2 aromatic rings. The second-order valence-corrected chi connectivity index (χ2v) is 7.07. The molecule has 26 heavy (non-hydrogen) atoms. The topological polar surface area (TPSA) is 49.4 Å². The maximum Gasteiger partial charge on any atom is 0.242 e. The molecule has 0 bridgehead atoms. The Hall–Kier alpha value is -1.75. The minimum absolute atomic E-state index is 0.00737. The number of amides is 2. The van der Waals surface area contributed by atoms with Gasteiger partial charge in [-0.2, -0.15) is 0 Å². The molecule has 0 spiro atoms. The quantitative estimate of drug-likeness (QED) is 0.765. The van der Waals surface area contributed by atoms with Gasteiger partial charge in [-0.3, -0.25) is 9.59 Å². The van der Waals surface area contributed by atoms with Gasteiger partial charge in [0, 0.05) is 28.7 Å². The number of hydrogen-bond acceptors (Lipinski definition) is 2. The van der Waals surface area contributed by atoms with E-state index in [1.165, 1.54) is 11.9 Å². The van der Waals surface area contributed by atoms with E-state index in [9.17, 15) is 9.59 Å². The van der Waals surface area contributed by atoms with Crippen molar-refractivity contribution < 1.29 is 9.59 Å². The molecular weight excluding hydrogens is 395 g/mol. The molecule has 0 unspecified atom stereocenters. The molecule has 0 aliphatic heterocycles. The van der Waals surface area contributed by atoms with Crippen LogP contribution in [0.2, 0.25) is 15.1 Å². The van der Waals surface area contributed by atoms with Gasteiger partial charge in [-0.1, -0.05) is 53.0 Å². The molecule has 0 fully saturated rings. The molecule has 1 N–H and O–H groups in total. The Morgan fingerprint density at radius 1 is 1.04 bits per heavy atom. The molecule has 0 heterocycles. The van der Waals surface area contributed by atoms with E-state index in [4.69, 9.17) is 34.8 Å². The Kier molecular flexibility index (Phi) is 7.33. The third-order valence-electron chi connectivity index (χ3n) is 4.07. The number of carbonyl (C=O) groups excluding carboxylic acids is 2. The van der Waals surface area contributed by atoms with Crippen molar-refractivity contribution in [2.45, 2.75) is 25.9 Å². The van der Waals surface area contributed by atoms with E-state index in [0.717, 1.165) is 5.56 Å². The molecule has 0 saturated carbocycles. The van der Waals surface area contributed by atoms with Gasteiger partial charge in [-0.05, 0) is 42.3 Å². The number of likely N-dealkylation sites (N-methyl/N-ethyl adjacent to an activating group) is 1. The highest BCUT2D eigenvalue weighted by atomic mass is 35.5. The molecule has 2 rings (SSSR count). The molecule has 4 nitrogen and oxygen atoms in total. The van der Waals surface area contributed by atoms with Crippen LogP contribution in [-0.4, -0.2) is 29.8 Å². The summed E-state index contributed by atoms with van der Waals surface area (Å²) in [4.78, 5) is 26.6. The van der Waals surface area contributed by atoms with Crippen molar-refractivity contribution in [3.63, 3.8) is 0 Å². The minimum atomic E-state index is -0.649. The van der Waals surface area contributed by atoms with E-state index in [1.54, 1.807) is 37.3 Å². The first-order valence-corrected chi connectivity index (χ1v) is 9.15. The van der Waals surface area contributed by atoms with Crippen LogP contribution in [0.4, 0.5) is 0 Å². The molecule has 0 saturated heterocycles. The maximum atomic E-state index is 13.0. The lowest BCUT2D eigenvalue weighted by molar-refractivity contribution is -0.139. The van der Waals surface area contributed by atoms with E-state index >= 15 is 0 Å². The summed E-state index contributed by atoms with van der Waals surface area (Å²) in [5, 5.41) is 4.02. The fraction of sp³-hybridized carbons (Fsp3) is 0.263. The third-order valence-corrected chi connectivity index (χ3v) is 5.03. The van der Waals surface area contributed by atoms with Crippen LogP contribution in [-0.2, 0) is 22.6 Å². The van der Waals surface area contributed by atoms with Gasteiger partial charge < -0.3 is 10.2 Å². The van der Waals surface area contributed by atoms with Crippen LogP contribution in [0.15, 0.2) is 42.5 Å². The van der Waals surface area contributed by atoms with Crippen molar-refractivity contribution in [2.75, 3.05) is 7.05 Å². The van der Waals surface area contributed by atoms with Crippen molar-refractivity contribution in [3.05, 3.63) is 68.7 Å². The van der Waals surface area contributed by atoms with Crippen molar-refractivity contribution >= 4 is 46.6 Å². The molecule has 0 radical (unpaired) electrons. The fourth-order valence-electron chi connectivity index (χ4n) is 2.53. The fourth-order valence-corrected chi connectivity index (χ4v) is 3.19. The van der Waals surface area contributed by atoms with E-state index in [-0.39, 0.29) is 24.8 Å². The van der Waals surface area contributed by atoms with Crippen LogP contribution in [0.25, 0.3) is 0 Å². The molecular formula is C19H19Cl3N2O2. The van der Waals surface area contributed by atoms with Crippen LogP contribution in [0.1, 0.15) is 18.1 Å². The number of rotatable bonds is 6. The molecule has 7 heteroatoms. The van der Waals surface area contributed by atoms with Crippen LogP contribution in [0.5, 0.6) is 0 Å². The summed E-state index contributed by atoms with van der Waals surface area (Å²) in [6.07, 6.45) is 0.00737. The lowest BCUT2D eigenvalue weighted by Gasteiger charge is -2.28. The SMILES string of the molecule is CNC(=O)[C@@H](C)N(Cc1ccc(Cl)cc1)C(=O)Cc1c(Cl)cccc1Cl. The van der Waals surface area contributed by atoms with Gasteiger partial charge in [0.1, 0.15) is 6.04 Å². The molecule has 1 atom stereocenters. The van der Waals surface area contributed by atoms with Crippen molar-refractivity contribution in [2.24, 2.45) is 0 Å². The van der Waals surface area contributed by atoms with Gasteiger partial charge in [0.2, 0.25) is 11.8 Å². The second kappa shape index (κ2) is 9.26. The normalized spacial score (nSPS) is 11.7.